The van der Waals surface area contributed by atoms with Crippen LogP contribution >= 0.6 is 0 Å². The molecule has 1 aromatic heterocycles. The molecule has 0 atom stereocenters. The largest absolute Gasteiger partial charge is 0.373 e. The van der Waals surface area contributed by atoms with Crippen molar-refractivity contribution in [1.29, 1.82) is 0 Å². The molecular formula is C12H15N5. The lowest BCUT2D eigenvalue weighted by Gasteiger charge is -2.08. The highest BCUT2D eigenvalue weighted by Crippen LogP contribution is 2.18. The normalized spacial score (nSPS) is 10.0. The van der Waals surface area contributed by atoms with E-state index in [4.69, 9.17) is 5.73 Å². The summed E-state index contributed by atoms with van der Waals surface area (Å²) >= 11 is 0. The predicted molar refractivity (Wildman–Crippen MR) is 70.5 cm³/mol. The summed E-state index contributed by atoms with van der Waals surface area (Å²) in [6.45, 7) is 2.05. The van der Waals surface area contributed by atoms with Crippen LogP contribution in [0.5, 0.6) is 0 Å². The number of rotatable bonds is 3. The van der Waals surface area contributed by atoms with E-state index >= 15 is 0 Å². The van der Waals surface area contributed by atoms with E-state index in [0.717, 1.165) is 5.69 Å². The summed E-state index contributed by atoms with van der Waals surface area (Å²) in [7, 11) is 1.79. The molecule has 0 amide bonds. The molecule has 0 spiro atoms. The molecule has 0 aliphatic heterocycles. The number of aromatic nitrogens is 2. The average molecular weight is 229 g/mol. The third kappa shape index (κ3) is 2.84. The summed E-state index contributed by atoms with van der Waals surface area (Å²) in [4.78, 5) is 8.14. The van der Waals surface area contributed by atoms with Gasteiger partial charge < -0.3 is 16.4 Å². The van der Waals surface area contributed by atoms with E-state index in [9.17, 15) is 0 Å². The molecule has 2 aromatic rings. The quantitative estimate of drug-likeness (QED) is 0.752. The SMILES string of the molecule is CNc1cc(Nc2ccc(C)cc2)nc(N)n1. The number of nitrogen functional groups attached to an aromatic ring is 1. The number of anilines is 4. The van der Waals surface area contributed by atoms with E-state index in [0.29, 0.717) is 11.6 Å². The fraction of sp³-hybridized carbons (Fsp3) is 0.167. The van der Waals surface area contributed by atoms with Crippen molar-refractivity contribution in [2.45, 2.75) is 6.92 Å². The minimum absolute atomic E-state index is 0.242. The number of nitrogens with one attached hydrogen (secondary N) is 2. The van der Waals surface area contributed by atoms with Gasteiger partial charge in [0.05, 0.1) is 0 Å². The van der Waals surface area contributed by atoms with Gasteiger partial charge in [-0.15, -0.1) is 0 Å². The fourth-order valence-electron chi connectivity index (χ4n) is 1.44. The number of hydrogen-bond acceptors (Lipinski definition) is 5. The van der Waals surface area contributed by atoms with Crippen LogP contribution in [0, 0.1) is 6.92 Å². The number of hydrogen-bond donors (Lipinski definition) is 3. The molecule has 1 aromatic carbocycles. The van der Waals surface area contributed by atoms with E-state index in [-0.39, 0.29) is 5.95 Å². The molecule has 88 valence electrons. The molecule has 0 fully saturated rings. The van der Waals surface area contributed by atoms with Crippen LogP contribution in [0.25, 0.3) is 0 Å². The summed E-state index contributed by atoms with van der Waals surface area (Å²) < 4.78 is 0. The van der Waals surface area contributed by atoms with Crippen LogP contribution in [0.1, 0.15) is 5.56 Å². The lowest BCUT2D eigenvalue weighted by molar-refractivity contribution is 1.17. The van der Waals surface area contributed by atoms with Gasteiger partial charge in [0.1, 0.15) is 11.6 Å². The highest BCUT2D eigenvalue weighted by Gasteiger charge is 2.01. The number of aryl methyl sites for hydroxylation is 1. The maximum absolute atomic E-state index is 5.61. The van der Waals surface area contributed by atoms with Crippen molar-refractivity contribution in [3.05, 3.63) is 35.9 Å². The third-order valence-electron chi connectivity index (χ3n) is 2.32. The first-order valence-corrected chi connectivity index (χ1v) is 5.33. The number of nitrogens with zero attached hydrogens (tertiary/aromatic N) is 2. The van der Waals surface area contributed by atoms with Gasteiger partial charge >= 0.3 is 0 Å². The molecule has 5 nitrogen and oxygen atoms in total. The van der Waals surface area contributed by atoms with Gasteiger partial charge in [0.2, 0.25) is 5.95 Å². The predicted octanol–water partition coefficient (Wildman–Crippen LogP) is 2.15. The summed E-state index contributed by atoms with van der Waals surface area (Å²) in [6, 6.07) is 9.85. The summed E-state index contributed by atoms with van der Waals surface area (Å²) in [6.07, 6.45) is 0. The lowest BCUT2D eigenvalue weighted by atomic mass is 10.2. The minimum Gasteiger partial charge on any atom is -0.373 e. The van der Waals surface area contributed by atoms with E-state index in [1.165, 1.54) is 5.56 Å². The maximum Gasteiger partial charge on any atom is 0.223 e. The molecule has 0 saturated carbocycles. The smallest absolute Gasteiger partial charge is 0.223 e. The Morgan fingerprint density at radius 3 is 2.35 bits per heavy atom. The Morgan fingerprint density at radius 1 is 1.06 bits per heavy atom. The molecule has 0 aliphatic carbocycles. The molecule has 1 heterocycles. The Balaban J connectivity index is 2.23. The molecule has 0 saturated heterocycles. The average Bonchev–Trinajstić information content (AvgIpc) is 2.31. The van der Waals surface area contributed by atoms with Crippen LogP contribution in [0.2, 0.25) is 0 Å². The monoisotopic (exact) mass is 229 g/mol. The fourth-order valence-corrected chi connectivity index (χ4v) is 1.44. The molecule has 2 rings (SSSR count). The second-order valence-electron chi connectivity index (χ2n) is 3.74. The van der Waals surface area contributed by atoms with Gasteiger partial charge in [-0.25, -0.2) is 0 Å². The van der Waals surface area contributed by atoms with E-state index in [1.807, 2.05) is 31.2 Å². The van der Waals surface area contributed by atoms with Crippen molar-refractivity contribution >= 4 is 23.3 Å². The zero-order valence-corrected chi connectivity index (χ0v) is 9.86. The molecule has 17 heavy (non-hydrogen) atoms. The van der Waals surface area contributed by atoms with Crippen LogP contribution in [0.3, 0.4) is 0 Å². The van der Waals surface area contributed by atoms with Gasteiger partial charge in [0, 0.05) is 18.8 Å². The molecule has 0 aliphatic rings. The Labute approximate surface area is 100 Å². The number of nitrogens with two attached hydrogens (primary N) is 1. The van der Waals surface area contributed by atoms with Crippen molar-refractivity contribution < 1.29 is 0 Å². The lowest BCUT2D eigenvalue weighted by Crippen LogP contribution is -2.03. The first-order chi connectivity index (χ1) is 8.17. The van der Waals surface area contributed by atoms with Crippen molar-refractivity contribution in [2.75, 3.05) is 23.4 Å². The van der Waals surface area contributed by atoms with Crippen LogP contribution in [-0.4, -0.2) is 17.0 Å². The first kappa shape index (κ1) is 11.2. The Morgan fingerprint density at radius 2 is 1.71 bits per heavy atom. The van der Waals surface area contributed by atoms with Crippen molar-refractivity contribution in [2.24, 2.45) is 0 Å². The minimum atomic E-state index is 0.242. The van der Waals surface area contributed by atoms with Crippen molar-refractivity contribution in [3.63, 3.8) is 0 Å². The Hall–Kier alpha value is -2.30. The molecule has 5 heteroatoms. The van der Waals surface area contributed by atoms with Crippen LogP contribution in [0.4, 0.5) is 23.3 Å². The second kappa shape index (κ2) is 4.69. The summed E-state index contributed by atoms with van der Waals surface area (Å²) in [5.41, 5.74) is 7.80. The van der Waals surface area contributed by atoms with Gasteiger partial charge in [-0.1, -0.05) is 17.7 Å². The summed E-state index contributed by atoms with van der Waals surface area (Å²) in [5.74, 6) is 1.60. The van der Waals surface area contributed by atoms with E-state index < -0.39 is 0 Å². The van der Waals surface area contributed by atoms with Crippen LogP contribution in [-0.2, 0) is 0 Å². The standard InChI is InChI=1S/C12H15N5/c1-8-3-5-9(6-4-8)15-11-7-10(14-2)16-12(13)17-11/h3-7H,1-2H3,(H4,13,14,15,16,17). The van der Waals surface area contributed by atoms with Gasteiger partial charge in [-0.05, 0) is 19.1 Å². The molecular weight excluding hydrogens is 214 g/mol. The van der Waals surface area contributed by atoms with Gasteiger partial charge in [0.25, 0.3) is 0 Å². The Kier molecular flexibility index (Phi) is 3.09. The molecule has 0 unspecified atom stereocenters. The van der Waals surface area contributed by atoms with E-state index in [2.05, 4.69) is 20.6 Å². The maximum atomic E-state index is 5.61. The topological polar surface area (TPSA) is 75.9 Å². The highest BCUT2D eigenvalue weighted by atomic mass is 15.1. The van der Waals surface area contributed by atoms with Crippen molar-refractivity contribution in [3.8, 4) is 0 Å². The second-order valence-corrected chi connectivity index (χ2v) is 3.74. The molecule has 0 bridgehead atoms. The summed E-state index contributed by atoms with van der Waals surface area (Å²) in [5, 5.41) is 6.11. The van der Waals surface area contributed by atoms with Crippen LogP contribution in [0.15, 0.2) is 30.3 Å². The van der Waals surface area contributed by atoms with Crippen LogP contribution < -0.4 is 16.4 Å². The van der Waals surface area contributed by atoms with Crippen molar-refractivity contribution in [1.82, 2.24) is 9.97 Å². The van der Waals surface area contributed by atoms with Gasteiger partial charge in [0.15, 0.2) is 0 Å². The highest BCUT2D eigenvalue weighted by molar-refractivity contribution is 5.60. The van der Waals surface area contributed by atoms with Gasteiger partial charge in [-0.3, -0.25) is 0 Å². The molecule has 0 radical (unpaired) electrons. The zero-order valence-electron chi connectivity index (χ0n) is 9.86. The van der Waals surface area contributed by atoms with Gasteiger partial charge in [-0.2, -0.15) is 9.97 Å². The zero-order chi connectivity index (χ0) is 12.3. The third-order valence-corrected chi connectivity index (χ3v) is 2.32. The van der Waals surface area contributed by atoms with E-state index in [1.54, 1.807) is 13.1 Å². The molecule has 4 N–H and O–H groups in total. The number of benzene rings is 1. The Bertz CT molecular complexity index is 507. The first-order valence-electron chi connectivity index (χ1n) is 5.33.